The summed E-state index contributed by atoms with van der Waals surface area (Å²) in [5.41, 5.74) is 6.06. The lowest BCUT2D eigenvalue weighted by molar-refractivity contribution is 0.925. The average molecular weight is 284 g/mol. The molecule has 0 radical (unpaired) electrons. The zero-order valence-corrected chi connectivity index (χ0v) is 13.0. The van der Waals surface area contributed by atoms with E-state index in [4.69, 9.17) is 12.2 Å². The predicted octanol–water partition coefficient (Wildman–Crippen LogP) is 4.10. The summed E-state index contributed by atoms with van der Waals surface area (Å²) >= 11 is 5.31. The van der Waals surface area contributed by atoms with Crippen LogP contribution >= 0.6 is 12.2 Å². The molecule has 0 atom stereocenters. The molecule has 20 heavy (non-hydrogen) atoms. The van der Waals surface area contributed by atoms with Crippen LogP contribution in [0.1, 0.15) is 22.3 Å². The molecule has 0 unspecified atom stereocenters. The third kappa shape index (κ3) is 4.07. The number of hydrogen-bond acceptors (Lipinski definition) is 1. The fourth-order valence-corrected chi connectivity index (χ4v) is 2.07. The summed E-state index contributed by atoms with van der Waals surface area (Å²) in [4.78, 5) is 0. The highest BCUT2D eigenvalue weighted by Crippen LogP contribution is 2.14. The Labute approximate surface area is 126 Å². The van der Waals surface area contributed by atoms with Gasteiger partial charge >= 0.3 is 0 Å². The van der Waals surface area contributed by atoms with Crippen molar-refractivity contribution in [1.82, 2.24) is 5.32 Å². The van der Waals surface area contributed by atoms with Gasteiger partial charge in [-0.2, -0.15) is 0 Å². The highest BCUT2D eigenvalue weighted by Gasteiger charge is 2.00. The number of nitrogens with one attached hydrogen (secondary N) is 2. The van der Waals surface area contributed by atoms with Gasteiger partial charge in [0, 0.05) is 12.2 Å². The molecule has 0 saturated heterocycles. The fourth-order valence-electron chi connectivity index (χ4n) is 1.88. The molecule has 0 aliphatic rings. The molecule has 0 aromatic heterocycles. The standard InChI is InChI=1S/C17H20N2S/c1-12-4-7-15(8-5-12)11-18-17(20)19-16-9-6-13(2)14(3)10-16/h4-10H,11H2,1-3H3,(H2,18,19,20). The molecule has 0 heterocycles. The quantitative estimate of drug-likeness (QED) is 0.830. The second-order valence-corrected chi connectivity index (χ2v) is 5.50. The lowest BCUT2D eigenvalue weighted by atomic mass is 10.1. The molecule has 2 aromatic rings. The van der Waals surface area contributed by atoms with E-state index in [0.717, 1.165) is 12.2 Å². The second-order valence-electron chi connectivity index (χ2n) is 5.09. The predicted molar refractivity (Wildman–Crippen MR) is 90.2 cm³/mol. The zero-order valence-electron chi connectivity index (χ0n) is 12.2. The smallest absolute Gasteiger partial charge is 0.171 e. The van der Waals surface area contributed by atoms with Crippen molar-refractivity contribution < 1.29 is 0 Å². The molecule has 2 N–H and O–H groups in total. The van der Waals surface area contributed by atoms with Gasteiger partial charge in [0.15, 0.2) is 5.11 Å². The SMILES string of the molecule is Cc1ccc(CNC(=S)Nc2ccc(C)c(C)c2)cc1. The van der Waals surface area contributed by atoms with Gasteiger partial charge in [0.2, 0.25) is 0 Å². The van der Waals surface area contributed by atoms with E-state index in [2.05, 4.69) is 67.8 Å². The molecule has 0 fully saturated rings. The summed E-state index contributed by atoms with van der Waals surface area (Å²) in [6.45, 7) is 7.02. The highest BCUT2D eigenvalue weighted by atomic mass is 32.1. The van der Waals surface area contributed by atoms with Gasteiger partial charge in [0.25, 0.3) is 0 Å². The van der Waals surface area contributed by atoms with E-state index in [1.54, 1.807) is 0 Å². The van der Waals surface area contributed by atoms with E-state index in [0.29, 0.717) is 5.11 Å². The van der Waals surface area contributed by atoms with Gasteiger partial charge in [-0.05, 0) is 61.8 Å². The van der Waals surface area contributed by atoms with Gasteiger partial charge in [0.1, 0.15) is 0 Å². The first kappa shape index (κ1) is 14.5. The van der Waals surface area contributed by atoms with Crippen LogP contribution in [0.3, 0.4) is 0 Å². The lowest BCUT2D eigenvalue weighted by Gasteiger charge is -2.12. The van der Waals surface area contributed by atoms with E-state index in [1.165, 1.54) is 22.3 Å². The lowest BCUT2D eigenvalue weighted by Crippen LogP contribution is -2.27. The minimum atomic E-state index is 0.647. The van der Waals surface area contributed by atoms with Crippen LogP contribution in [0, 0.1) is 20.8 Å². The largest absolute Gasteiger partial charge is 0.358 e. The molecule has 0 saturated carbocycles. The number of thiocarbonyl (C=S) groups is 1. The Morgan fingerprint density at radius 3 is 2.30 bits per heavy atom. The molecule has 104 valence electrons. The third-order valence-electron chi connectivity index (χ3n) is 3.34. The van der Waals surface area contributed by atoms with Crippen molar-refractivity contribution in [2.45, 2.75) is 27.3 Å². The van der Waals surface area contributed by atoms with Crippen LogP contribution in [-0.2, 0) is 6.54 Å². The van der Waals surface area contributed by atoms with E-state index in [-0.39, 0.29) is 0 Å². The van der Waals surface area contributed by atoms with Crippen LogP contribution in [0.2, 0.25) is 0 Å². The molecule has 2 rings (SSSR count). The Hall–Kier alpha value is -1.87. The first-order valence-electron chi connectivity index (χ1n) is 6.72. The maximum absolute atomic E-state index is 5.31. The van der Waals surface area contributed by atoms with Crippen molar-refractivity contribution in [3.8, 4) is 0 Å². The van der Waals surface area contributed by atoms with Crippen molar-refractivity contribution in [2.75, 3.05) is 5.32 Å². The van der Waals surface area contributed by atoms with Crippen LogP contribution in [0.15, 0.2) is 42.5 Å². The maximum Gasteiger partial charge on any atom is 0.171 e. The molecular formula is C17H20N2S. The van der Waals surface area contributed by atoms with Crippen molar-refractivity contribution in [2.24, 2.45) is 0 Å². The maximum atomic E-state index is 5.31. The van der Waals surface area contributed by atoms with Gasteiger partial charge in [-0.25, -0.2) is 0 Å². The van der Waals surface area contributed by atoms with Crippen LogP contribution < -0.4 is 10.6 Å². The van der Waals surface area contributed by atoms with Crippen molar-refractivity contribution >= 4 is 23.0 Å². The fraction of sp³-hybridized carbons (Fsp3) is 0.235. The number of anilines is 1. The summed E-state index contributed by atoms with van der Waals surface area (Å²) in [6, 6.07) is 14.7. The topological polar surface area (TPSA) is 24.1 Å². The van der Waals surface area contributed by atoms with E-state index in [1.807, 2.05) is 6.07 Å². The normalized spacial score (nSPS) is 10.2. The Morgan fingerprint density at radius 1 is 0.950 bits per heavy atom. The van der Waals surface area contributed by atoms with Crippen molar-refractivity contribution in [3.63, 3.8) is 0 Å². The van der Waals surface area contributed by atoms with E-state index >= 15 is 0 Å². The Morgan fingerprint density at radius 2 is 1.65 bits per heavy atom. The Bertz CT molecular complexity index is 603. The van der Waals surface area contributed by atoms with Gasteiger partial charge in [-0.1, -0.05) is 35.9 Å². The molecule has 0 spiro atoms. The molecule has 0 aliphatic heterocycles. The summed E-state index contributed by atoms with van der Waals surface area (Å²) in [6.07, 6.45) is 0. The first-order valence-corrected chi connectivity index (χ1v) is 7.13. The number of rotatable bonds is 3. The Balaban J connectivity index is 1.89. The molecule has 0 aliphatic carbocycles. The molecule has 2 aromatic carbocycles. The van der Waals surface area contributed by atoms with Crippen LogP contribution in [-0.4, -0.2) is 5.11 Å². The van der Waals surface area contributed by atoms with Gasteiger partial charge < -0.3 is 10.6 Å². The zero-order chi connectivity index (χ0) is 14.5. The van der Waals surface area contributed by atoms with Crippen molar-refractivity contribution in [1.29, 1.82) is 0 Å². The number of benzene rings is 2. The first-order chi connectivity index (χ1) is 9.54. The minimum Gasteiger partial charge on any atom is -0.358 e. The molecule has 0 bridgehead atoms. The van der Waals surface area contributed by atoms with Crippen molar-refractivity contribution in [3.05, 3.63) is 64.7 Å². The van der Waals surface area contributed by atoms with Gasteiger partial charge in [0.05, 0.1) is 0 Å². The summed E-state index contributed by atoms with van der Waals surface area (Å²) in [5.74, 6) is 0. The molecule has 3 heteroatoms. The molecule has 0 amide bonds. The number of aryl methyl sites for hydroxylation is 3. The molecule has 2 nitrogen and oxygen atoms in total. The average Bonchev–Trinajstić information content (AvgIpc) is 2.42. The summed E-state index contributed by atoms with van der Waals surface area (Å²) in [5, 5.41) is 7.08. The second kappa shape index (κ2) is 6.53. The number of hydrogen-bond donors (Lipinski definition) is 2. The van der Waals surface area contributed by atoms with Gasteiger partial charge in [-0.15, -0.1) is 0 Å². The van der Waals surface area contributed by atoms with E-state index < -0.39 is 0 Å². The van der Waals surface area contributed by atoms with Crippen LogP contribution in [0.4, 0.5) is 5.69 Å². The molecular weight excluding hydrogens is 264 g/mol. The van der Waals surface area contributed by atoms with Gasteiger partial charge in [-0.3, -0.25) is 0 Å². The highest BCUT2D eigenvalue weighted by molar-refractivity contribution is 7.80. The summed E-state index contributed by atoms with van der Waals surface area (Å²) < 4.78 is 0. The van der Waals surface area contributed by atoms with Crippen LogP contribution in [0.25, 0.3) is 0 Å². The summed E-state index contributed by atoms with van der Waals surface area (Å²) in [7, 11) is 0. The monoisotopic (exact) mass is 284 g/mol. The third-order valence-corrected chi connectivity index (χ3v) is 3.58. The van der Waals surface area contributed by atoms with E-state index in [9.17, 15) is 0 Å². The Kier molecular flexibility index (Phi) is 4.74. The minimum absolute atomic E-state index is 0.647. The van der Waals surface area contributed by atoms with Crippen LogP contribution in [0.5, 0.6) is 0 Å².